The van der Waals surface area contributed by atoms with Crippen LogP contribution in [0.4, 0.5) is 4.79 Å². The third-order valence-corrected chi connectivity index (χ3v) is 6.10. The van der Waals surface area contributed by atoms with E-state index in [-0.39, 0.29) is 18.0 Å². The zero-order valence-corrected chi connectivity index (χ0v) is 14.6. The minimum Gasteiger partial charge on any atom is -0.335 e. The van der Waals surface area contributed by atoms with Crippen molar-refractivity contribution in [3.05, 3.63) is 0 Å². The monoisotopic (exact) mass is 327 g/mol. The van der Waals surface area contributed by atoms with E-state index in [0.29, 0.717) is 17.7 Å². The highest BCUT2D eigenvalue weighted by atomic mass is 32.2. The van der Waals surface area contributed by atoms with E-state index in [1.165, 1.54) is 6.42 Å². The summed E-state index contributed by atoms with van der Waals surface area (Å²) in [5, 5.41) is 6.06. The summed E-state index contributed by atoms with van der Waals surface area (Å²) in [6.07, 6.45) is 5.70. The normalized spacial score (nSPS) is 29.8. The van der Waals surface area contributed by atoms with Crippen molar-refractivity contribution in [2.45, 2.75) is 57.2 Å². The molecule has 0 aromatic heterocycles. The van der Waals surface area contributed by atoms with Crippen LogP contribution in [-0.4, -0.2) is 53.5 Å². The number of nitrogens with zero attached hydrogens (tertiary/aromatic N) is 1. The van der Waals surface area contributed by atoms with E-state index in [9.17, 15) is 9.59 Å². The molecule has 2 fully saturated rings. The smallest absolute Gasteiger partial charge is 0.321 e. The van der Waals surface area contributed by atoms with Crippen molar-refractivity contribution in [1.29, 1.82) is 0 Å². The zero-order valence-electron chi connectivity index (χ0n) is 13.8. The number of imide groups is 1. The SMILES string of the molecule is CC[C@@H]1CN(CC(=O)NC(=O)N[C@@H]2CCCC[C@H]2C)CCS1. The Hall–Kier alpha value is -0.750. The lowest BCUT2D eigenvalue weighted by molar-refractivity contribution is -0.121. The molecule has 0 bridgehead atoms. The van der Waals surface area contributed by atoms with Crippen molar-refractivity contribution in [1.82, 2.24) is 15.5 Å². The molecule has 1 aliphatic carbocycles. The van der Waals surface area contributed by atoms with Gasteiger partial charge >= 0.3 is 6.03 Å². The summed E-state index contributed by atoms with van der Waals surface area (Å²) in [6, 6.07) is -0.125. The van der Waals surface area contributed by atoms with Crippen molar-refractivity contribution in [3.63, 3.8) is 0 Å². The Morgan fingerprint density at radius 1 is 1.27 bits per heavy atom. The summed E-state index contributed by atoms with van der Waals surface area (Å²) < 4.78 is 0. The van der Waals surface area contributed by atoms with Gasteiger partial charge in [-0.15, -0.1) is 0 Å². The molecule has 2 N–H and O–H groups in total. The molecule has 6 heteroatoms. The first-order valence-electron chi connectivity index (χ1n) is 8.52. The van der Waals surface area contributed by atoms with Crippen LogP contribution in [0.5, 0.6) is 0 Å². The molecule has 1 heterocycles. The molecule has 3 atom stereocenters. The number of amides is 3. The molecule has 3 amide bonds. The van der Waals surface area contributed by atoms with Crippen LogP contribution >= 0.6 is 11.8 Å². The van der Waals surface area contributed by atoms with Crippen LogP contribution < -0.4 is 10.6 Å². The third-order valence-electron chi connectivity index (χ3n) is 4.73. The molecular weight excluding hydrogens is 298 g/mol. The van der Waals surface area contributed by atoms with E-state index in [0.717, 1.165) is 44.5 Å². The molecule has 126 valence electrons. The molecule has 0 aromatic rings. The fourth-order valence-corrected chi connectivity index (χ4v) is 4.52. The van der Waals surface area contributed by atoms with E-state index in [4.69, 9.17) is 0 Å². The van der Waals surface area contributed by atoms with Gasteiger partial charge in [-0.25, -0.2) is 4.79 Å². The first-order valence-corrected chi connectivity index (χ1v) is 9.57. The van der Waals surface area contributed by atoms with Gasteiger partial charge in [-0.05, 0) is 25.2 Å². The number of carbonyl (C=O) groups is 2. The van der Waals surface area contributed by atoms with Crippen molar-refractivity contribution < 1.29 is 9.59 Å². The predicted octanol–water partition coefficient (Wildman–Crippen LogP) is 2.22. The van der Waals surface area contributed by atoms with Gasteiger partial charge in [0.05, 0.1) is 6.54 Å². The first kappa shape index (κ1) is 17.6. The number of thioether (sulfide) groups is 1. The van der Waals surface area contributed by atoms with Crippen LogP contribution in [0, 0.1) is 5.92 Å². The lowest BCUT2D eigenvalue weighted by atomic mass is 9.86. The van der Waals surface area contributed by atoms with Gasteiger partial charge in [0.1, 0.15) is 0 Å². The number of hydrogen-bond acceptors (Lipinski definition) is 4. The Kier molecular flexibility index (Phi) is 7.02. The molecule has 0 aromatic carbocycles. The highest BCUT2D eigenvalue weighted by molar-refractivity contribution is 8.00. The highest BCUT2D eigenvalue weighted by Gasteiger charge is 2.24. The molecule has 1 saturated carbocycles. The lowest BCUT2D eigenvalue weighted by Gasteiger charge is -2.31. The lowest BCUT2D eigenvalue weighted by Crippen LogP contribution is -2.51. The van der Waals surface area contributed by atoms with Gasteiger partial charge in [-0.2, -0.15) is 11.8 Å². The van der Waals surface area contributed by atoms with Crippen molar-refractivity contribution in [3.8, 4) is 0 Å². The molecule has 1 aliphatic heterocycles. The molecule has 0 spiro atoms. The summed E-state index contributed by atoms with van der Waals surface area (Å²) in [7, 11) is 0. The Labute approximate surface area is 138 Å². The molecule has 0 radical (unpaired) electrons. The van der Waals surface area contributed by atoms with Crippen molar-refractivity contribution in [2.75, 3.05) is 25.4 Å². The summed E-state index contributed by atoms with van der Waals surface area (Å²) in [5.41, 5.74) is 0. The Balaban J connectivity index is 1.70. The second kappa shape index (κ2) is 8.77. The van der Waals surface area contributed by atoms with E-state index < -0.39 is 0 Å². The zero-order chi connectivity index (χ0) is 15.9. The van der Waals surface area contributed by atoms with Gasteiger partial charge in [0, 0.05) is 30.1 Å². The number of hydrogen-bond donors (Lipinski definition) is 2. The van der Waals surface area contributed by atoms with Crippen molar-refractivity contribution >= 4 is 23.7 Å². The quantitative estimate of drug-likeness (QED) is 0.831. The number of carbonyl (C=O) groups excluding carboxylic acids is 2. The largest absolute Gasteiger partial charge is 0.335 e. The highest BCUT2D eigenvalue weighted by Crippen LogP contribution is 2.23. The van der Waals surface area contributed by atoms with Crippen molar-refractivity contribution in [2.24, 2.45) is 5.92 Å². The maximum atomic E-state index is 12.0. The Bertz CT molecular complexity index is 392. The average Bonchev–Trinajstić information content (AvgIpc) is 2.49. The first-order chi connectivity index (χ1) is 10.6. The maximum absolute atomic E-state index is 12.0. The van der Waals surface area contributed by atoms with Crippen LogP contribution in [0.1, 0.15) is 46.0 Å². The topological polar surface area (TPSA) is 61.4 Å². The minimum atomic E-state index is -0.331. The van der Waals surface area contributed by atoms with Gasteiger partial charge in [0.2, 0.25) is 5.91 Å². The van der Waals surface area contributed by atoms with Crippen LogP contribution in [0.25, 0.3) is 0 Å². The van der Waals surface area contributed by atoms with E-state index in [1.807, 2.05) is 11.8 Å². The minimum absolute atomic E-state index is 0.192. The fraction of sp³-hybridized carbons (Fsp3) is 0.875. The van der Waals surface area contributed by atoms with Gasteiger partial charge in [-0.3, -0.25) is 15.0 Å². The second-order valence-electron chi connectivity index (χ2n) is 6.53. The van der Waals surface area contributed by atoms with Crippen LogP contribution in [-0.2, 0) is 4.79 Å². The maximum Gasteiger partial charge on any atom is 0.321 e. The number of urea groups is 1. The van der Waals surface area contributed by atoms with Crippen LogP contribution in [0.2, 0.25) is 0 Å². The number of nitrogens with one attached hydrogen (secondary N) is 2. The van der Waals surface area contributed by atoms with Crippen LogP contribution in [0.15, 0.2) is 0 Å². The fourth-order valence-electron chi connectivity index (χ4n) is 3.28. The molecule has 22 heavy (non-hydrogen) atoms. The summed E-state index contributed by atoms with van der Waals surface area (Å²) in [6.45, 7) is 6.54. The van der Waals surface area contributed by atoms with Gasteiger partial charge < -0.3 is 5.32 Å². The van der Waals surface area contributed by atoms with E-state index in [2.05, 4.69) is 29.4 Å². The van der Waals surface area contributed by atoms with Gasteiger partial charge in [0.25, 0.3) is 0 Å². The molecule has 2 aliphatic rings. The Morgan fingerprint density at radius 3 is 2.77 bits per heavy atom. The number of rotatable bonds is 4. The van der Waals surface area contributed by atoms with Gasteiger partial charge in [-0.1, -0.05) is 26.7 Å². The molecule has 0 unspecified atom stereocenters. The summed E-state index contributed by atoms with van der Waals surface area (Å²) in [5.74, 6) is 1.37. The third kappa shape index (κ3) is 5.47. The summed E-state index contributed by atoms with van der Waals surface area (Å²) >= 11 is 1.98. The van der Waals surface area contributed by atoms with Gasteiger partial charge in [0.15, 0.2) is 0 Å². The predicted molar refractivity (Wildman–Crippen MR) is 91.1 cm³/mol. The standard InChI is InChI=1S/C16H29N3O2S/c1-3-13-10-19(8-9-22-13)11-15(20)18-16(21)17-14-7-5-4-6-12(14)2/h12-14H,3-11H2,1-2H3,(H2,17,18,20,21)/t12-,13-,14-/m1/s1. The molecule has 1 saturated heterocycles. The average molecular weight is 327 g/mol. The van der Waals surface area contributed by atoms with Crippen LogP contribution in [0.3, 0.4) is 0 Å². The summed E-state index contributed by atoms with van der Waals surface area (Å²) in [4.78, 5) is 26.1. The molecule has 2 rings (SSSR count). The molecule has 5 nitrogen and oxygen atoms in total. The second-order valence-corrected chi connectivity index (χ2v) is 7.93. The van der Waals surface area contributed by atoms with E-state index in [1.54, 1.807) is 0 Å². The Morgan fingerprint density at radius 2 is 2.05 bits per heavy atom. The van der Waals surface area contributed by atoms with E-state index >= 15 is 0 Å². The molecular formula is C16H29N3O2S.